The van der Waals surface area contributed by atoms with Gasteiger partial charge >= 0.3 is 0 Å². The van der Waals surface area contributed by atoms with Crippen molar-refractivity contribution in [2.75, 3.05) is 5.32 Å². The standard InChI is InChI=1S/C19H25N5O2/c1-4-5-6-7-10-13(2)24-16-12-9-8-11-15(16)21-19(24)17-18(20-14(3)25)23-26-22-17/h8-9,11-13H,4-7,10H2,1-3H3,(H,20,23,25)/t13-/m0/s1. The highest BCUT2D eigenvalue weighted by molar-refractivity contribution is 5.91. The number of carbonyl (C=O) groups excluding carboxylic acids is 1. The Balaban J connectivity index is 2.00. The van der Waals surface area contributed by atoms with E-state index >= 15 is 0 Å². The zero-order valence-electron chi connectivity index (χ0n) is 15.5. The number of aromatic nitrogens is 4. The first-order valence-corrected chi connectivity index (χ1v) is 9.19. The van der Waals surface area contributed by atoms with E-state index in [1.54, 1.807) is 0 Å². The fourth-order valence-corrected chi connectivity index (χ4v) is 3.24. The molecule has 0 radical (unpaired) electrons. The van der Waals surface area contributed by atoms with Gasteiger partial charge in [0.25, 0.3) is 0 Å². The Hall–Kier alpha value is -2.70. The average molecular weight is 355 g/mol. The van der Waals surface area contributed by atoms with Crippen LogP contribution in [0.2, 0.25) is 0 Å². The number of rotatable bonds is 8. The molecule has 0 saturated carbocycles. The molecule has 26 heavy (non-hydrogen) atoms. The molecular weight excluding hydrogens is 330 g/mol. The number of unbranched alkanes of at least 4 members (excludes halogenated alkanes) is 3. The Bertz CT molecular complexity index is 883. The van der Waals surface area contributed by atoms with Crippen molar-refractivity contribution in [3.8, 4) is 11.5 Å². The zero-order valence-corrected chi connectivity index (χ0v) is 15.5. The van der Waals surface area contributed by atoms with Gasteiger partial charge in [0.2, 0.25) is 11.7 Å². The van der Waals surface area contributed by atoms with Crippen molar-refractivity contribution >= 4 is 22.8 Å². The maximum Gasteiger partial charge on any atom is 0.222 e. The molecule has 1 N–H and O–H groups in total. The van der Waals surface area contributed by atoms with E-state index in [0.29, 0.717) is 17.3 Å². The van der Waals surface area contributed by atoms with Crippen molar-refractivity contribution in [3.63, 3.8) is 0 Å². The van der Waals surface area contributed by atoms with Crippen LogP contribution in [0.1, 0.15) is 58.9 Å². The maximum absolute atomic E-state index is 11.4. The second-order valence-electron chi connectivity index (χ2n) is 6.64. The molecule has 1 aromatic carbocycles. The molecule has 0 saturated heterocycles. The minimum atomic E-state index is -0.225. The van der Waals surface area contributed by atoms with Gasteiger partial charge in [0.15, 0.2) is 11.5 Å². The van der Waals surface area contributed by atoms with E-state index in [4.69, 9.17) is 9.61 Å². The summed E-state index contributed by atoms with van der Waals surface area (Å²) in [6, 6.07) is 8.25. The molecule has 0 bridgehead atoms. The molecule has 7 nitrogen and oxygen atoms in total. The smallest absolute Gasteiger partial charge is 0.222 e. The van der Waals surface area contributed by atoms with Crippen LogP contribution >= 0.6 is 0 Å². The Morgan fingerprint density at radius 2 is 2.04 bits per heavy atom. The first kappa shape index (κ1) is 18.1. The van der Waals surface area contributed by atoms with Gasteiger partial charge in [-0.25, -0.2) is 9.61 Å². The molecule has 7 heteroatoms. The van der Waals surface area contributed by atoms with Crippen LogP contribution < -0.4 is 5.32 Å². The number of nitrogens with one attached hydrogen (secondary N) is 1. The average Bonchev–Trinajstić information content (AvgIpc) is 3.21. The number of amides is 1. The zero-order chi connectivity index (χ0) is 18.5. The van der Waals surface area contributed by atoms with E-state index in [2.05, 4.69) is 40.1 Å². The number of anilines is 1. The number of hydrogen-bond donors (Lipinski definition) is 1. The molecule has 2 heterocycles. The lowest BCUT2D eigenvalue weighted by Crippen LogP contribution is -2.10. The number of fused-ring (bicyclic) bond motifs is 1. The molecule has 0 unspecified atom stereocenters. The van der Waals surface area contributed by atoms with Gasteiger partial charge in [0, 0.05) is 13.0 Å². The van der Waals surface area contributed by atoms with Gasteiger partial charge in [-0.2, -0.15) is 0 Å². The number of benzene rings is 1. The van der Waals surface area contributed by atoms with Gasteiger partial charge in [0.05, 0.1) is 11.0 Å². The van der Waals surface area contributed by atoms with E-state index in [1.807, 2.05) is 18.2 Å². The van der Waals surface area contributed by atoms with Crippen molar-refractivity contribution in [1.82, 2.24) is 19.9 Å². The van der Waals surface area contributed by atoms with Crippen LogP contribution in [0.25, 0.3) is 22.6 Å². The normalized spacial score (nSPS) is 12.4. The maximum atomic E-state index is 11.4. The van der Waals surface area contributed by atoms with Gasteiger partial charge in [-0.15, -0.1) is 0 Å². The highest BCUT2D eigenvalue weighted by atomic mass is 16.6. The van der Waals surface area contributed by atoms with Gasteiger partial charge < -0.3 is 9.88 Å². The molecule has 0 aliphatic rings. The van der Waals surface area contributed by atoms with Gasteiger partial charge in [-0.1, -0.05) is 44.7 Å². The fourth-order valence-electron chi connectivity index (χ4n) is 3.24. The van der Waals surface area contributed by atoms with Crippen LogP contribution in [0.5, 0.6) is 0 Å². The Kier molecular flexibility index (Phi) is 5.65. The fraction of sp³-hybridized carbons (Fsp3) is 0.474. The third-order valence-corrected chi connectivity index (χ3v) is 4.51. The van der Waals surface area contributed by atoms with Crippen molar-refractivity contribution in [3.05, 3.63) is 24.3 Å². The van der Waals surface area contributed by atoms with Gasteiger partial charge in [0.1, 0.15) is 0 Å². The van der Waals surface area contributed by atoms with E-state index in [-0.39, 0.29) is 11.9 Å². The summed E-state index contributed by atoms with van der Waals surface area (Å²) < 4.78 is 7.05. The summed E-state index contributed by atoms with van der Waals surface area (Å²) in [5.41, 5.74) is 2.39. The summed E-state index contributed by atoms with van der Waals surface area (Å²) in [5, 5.41) is 10.5. The molecule has 3 aromatic rings. The van der Waals surface area contributed by atoms with Gasteiger partial charge in [-0.05, 0) is 35.8 Å². The van der Waals surface area contributed by atoms with Crippen molar-refractivity contribution in [2.45, 2.75) is 58.9 Å². The minimum Gasteiger partial charge on any atom is -0.320 e. The first-order valence-electron chi connectivity index (χ1n) is 9.19. The van der Waals surface area contributed by atoms with E-state index in [9.17, 15) is 4.79 Å². The van der Waals surface area contributed by atoms with Crippen molar-refractivity contribution < 1.29 is 9.42 Å². The third kappa shape index (κ3) is 3.76. The second-order valence-corrected chi connectivity index (χ2v) is 6.64. The molecular formula is C19H25N5O2. The van der Waals surface area contributed by atoms with E-state index < -0.39 is 0 Å². The quantitative estimate of drug-likeness (QED) is 0.598. The van der Waals surface area contributed by atoms with Crippen molar-refractivity contribution in [1.29, 1.82) is 0 Å². The predicted octanol–water partition coefficient (Wildman–Crippen LogP) is 4.58. The lowest BCUT2D eigenvalue weighted by molar-refractivity contribution is -0.114. The highest BCUT2D eigenvalue weighted by Crippen LogP contribution is 2.32. The SMILES string of the molecule is CCCCCC[C@H](C)n1c(-c2nonc2NC(C)=O)nc2ccccc21. The van der Waals surface area contributed by atoms with Crippen LogP contribution in [0.3, 0.4) is 0 Å². The molecule has 0 aliphatic heterocycles. The van der Waals surface area contributed by atoms with Crippen LogP contribution in [0, 0.1) is 0 Å². The summed E-state index contributed by atoms with van der Waals surface area (Å²) in [6.07, 6.45) is 5.92. The van der Waals surface area contributed by atoms with Crippen LogP contribution in [0.15, 0.2) is 28.9 Å². The molecule has 0 fully saturated rings. The number of imidazole rings is 1. The highest BCUT2D eigenvalue weighted by Gasteiger charge is 2.23. The molecule has 3 rings (SSSR count). The van der Waals surface area contributed by atoms with Crippen LogP contribution in [0.4, 0.5) is 5.82 Å². The summed E-state index contributed by atoms with van der Waals surface area (Å²) in [7, 11) is 0. The number of nitrogens with zero attached hydrogens (tertiary/aromatic N) is 4. The second kappa shape index (κ2) is 8.12. The van der Waals surface area contributed by atoms with Gasteiger partial charge in [-0.3, -0.25) is 4.79 Å². The predicted molar refractivity (Wildman–Crippen MR) is 101 cm³/mol. The minimum absolute atomic E-state index is 0.225. The lowest BCUT2D eigenvalue weighted by atomic mass is 10.1. The summed E-state index contributed by atoms with van der Waals surface area (Å²) in [5.74, 6) is 0.739. The van der Waals surface area contributed by atoms with Crippen LogP contribution in [-0.4, -0.2) is 25.8 Å². The third-order valence-electron chi connectivity index (χ3n) is 4.51. The molecule has 1 atom stereocenters. The number of hydrogen-bond acceptors (Lipinski definition) is 5. The molecule has 0 spiro atoms. The molecule has 1 amide bonds. The first-order chi connectivity index (χ1) is 12.6. The molecule has 138 valence electrons. The van der Waals surface area contributed by atoms with E-state index in [0.717, 1.165) is 23.9 Å². The summed E-state index contributed by atoms with van der Waals surface area (Å²) in [6.45, 7) is 5.83. The summed E-state index contributed by atoms with van der Waals surface area (Å²) in [4.78, 5) is 16.2. The lowest BCUT2D eigenvalue weighted by Gasteiger charge is -2.17. The molecule has 0 aliphatic carbocycles. The molecule has 2 aromatic heterocycles. The Labute approximate surface area is 152 Å². The monoisotopic (exact) mass is 355 g/mol. The Morgan fingerprint density at radius 1 is 1.23 bits per heavy atom. The number of para-hydroxylation sites is 2. The van der Waals surface area contributed by atoms with Crippen molar-refractivity contribution in [2.24, 2.45) is 0 Å². The summed E-state index contributed by atoms with van der Waals surface area (Å²) >= 11 is 0. The van der Waals surface area contributed by atoms with Crippen LogP contribution in [-0.2, 0) is 4.79 Å². The topological polar surface area (TPSA) is 85.8 Å². The largest absolute Gasteiger partial charge is 0.320 e. The van der Waals surface area contributed by atoms with E-state index in [1.165, 1.54) is 26.2 Å². The number of carbonyl (C=O) groups is 1. The Morgan fingerprint density at radius 3 is 2.81 bits per heavy atom.